The maximum absolute atomic E-state index is 12.9. The predicted octanol–water partition coefficient (Wildman–Crippen LogP) is 1.96. The average Bonchev–Trinajstić information content (AvgIpc) is 2.55. The number of carbonyl (C=O) groups is 2. The number of hydrogen-bond donors (Lipinski definition) is 1. The lowest BCUT2D eigenvalue weighted by atomic mass is 9.90. The molecule has 0 unspecified atom stereocenters. The Balaban J connectivity index is 1.74. The van der Waals surface area contributed by atoms with Crippen LogP contribution in [0.4, 0.5) is 9.18 Å². The molecule has 1 aromatic rings. The molecule has 0 aliphatic carbocycles. The van der Waals surface area contributed by atoms with Gasteiger partial charge in [0.2, 0.25) is 5.91 Å². The molecule has 120 valence electrons. The number of carbonyl (C=O) groups excluding carboxylic acids is 2. The maximum Gasteiger partial charge on any atom is 0.407 e. The van der Waals surface area contributed by atoms with Crippen LogP contribution in [0.25, 0.3) is 0 Å². The summed E-state index contributed by atoms with van der Waals surface area (Å²) in [4.78, 5) is 24.6. The Labute approximate surface area is 129 Å². The van der Waals surface area contributed by atoms with Crippen molar-refractivity contribution in [3.05, 3.63) is 35.6 Å². The Morgan fingerprint density at radius 3 is 2.50 bits per heavy atom. The normalized spacial score (nSPS) is 15.5. The number of methoxy groups -OCH3 is 1. The van der Waals surface area contributed by atoms with Crippen LogP contribution in [0.1, 0.15) is 18.4 Å². The van der Waals surface area contributed by atoms with Gasteiger partial charge in [0.05, 0.1) is 7.11 Å². The summed E-state index contributed by atoms with van der Waals surface area (Å²) in [7, 11) is 1.26. The van der Waals surface area contributed by atoms with E-state index in [1.54, 1.807) is 4.90 Å². The van der Waals surface area contributed by atoms with E-state index in [4.69, 9.17) is 0 Å². The number of halogens is 1. The highest BCUT2D eigenvalue weighted by molar-refractivity contribution is 5.82. The summed E-state index contributed by atoms with van der Waals surface area (Å²) < 4.78 is 17.3. The van der Waals surface area contributed by atoms with E-state index in [2.05, 4.69) is 10.1 Å². The quantitative estimate of drug-likeness (QED) is 0.925. The van der Waals surface area contributed by atoms with Crippen LogP contribution in [0.3, 0.4) is 0 Å². The number of nitrogens with zero attached hydrogens (tertiary/aromatic N) is 1. The lowest BCUT2D eigenvalue weighted by Crippen LogP contribution is -2.44. The molecule has 0 spiro atoms. The first-order chi connectivity index (χ1) is 10.6. The monoisotopic (exact) mass is 308 g/mol. The molecule has 22 heavy (non-hydrogen) atoms. The van der Waals surface area contributed by atoms with E-state index in [1.165, 1.54) is 19.2 Å². The van der Waals surface area contributed by atoms with E-state index in [9.17, 15) is 14.0 Å². The second kappa shape index (κ2) is 7.77. The smallest absolute Gasteiger partial charge is 0.407 e. The van der Waals surface area contributed by atoms with Crippen molar-refractivity contribution in [3.8, 4) is 0 Å². The van der Waals surface area contributed by atoms with Crippen LogP contribution in [0.2, 0.25) is 0 Å². The van der Waals surface area contributed by atoms with Gasteiger partial charge in [0.1, 0.15) is 12.4 Å². The minimum atomic E-state index is -0.598. The lowest BCUT2D eigenvalue weighted by molar-refractivity contribution is -0.131. The SMILES string of the molecule is COC(=O)NCC(=O)N1CCC(Cc2ccc(F)cc2)CC1. The highest BCUT2D eigenvalue weighted by Crippen LogP contribution is 2.21. The number of benzene rings is 1. The van der Waals surface area contributed by atoms with Crippen molar-refractivity contribution in [2.45, 2.75) is 19.3 Å². The van der Waals surface area contributed by atoms with Gasteiger partial charge in [-0.3, -0.25) is 4.79 Å². The molecule has 1 N–H and O–H groups in total. The van der Waals surface area contributed by atoms with E-state index in [0.717, 1.165) is 24.8 Å². The fourth-order valence-corrected chi connectivity index (χ4v) is 2.67. The van der Waals surface area contributed by atoms with Crippen molar-refractivity contribution in [1.29, 1.82) is 0 Å². The van der Waals surface area contributed by atoms with Gasteiger partial charge in [-0.05, 0) is 42.9 Å². The van der Waals surface area contributed by atoms with E-state index in [0.29, 0.717) is 19.0 Å². The predicted molar refractivity (Wildman–Crippen MR) is 79.8 cm³/mol. The van der Waals surface area contributed by atoms with Crippen molar-refractivity contribution in [2.24, 2.45) is 5.92 Å². The molecule has 2 rings (SSSR count). The highest BCUT2D eigenvalue weighted by atomic mass is 19.1. The average molecular weight is 308 g/mol. The summed E-state index contributed by atoms with van der Waals surface area (Å²) in [5, 5.41) is 2.40. The van der Waals surface area contributed by atoms with E-state index in [-0.39, 0.29) is 18.3 Å². The van der Waals surface area contributed by atoms with Gasteiger partial charge in [-0.2, -0.15) is 0 Å². The van der Waals surface area contributed by atoms with Gasteiger partial charge >= 0.3 is 6.09 Å². The summed E-state index contributed by atoms with van der Waals surface area (Å²) in [6.07, 6.45) is 2.14. The van der Waals surface area contributed by atoms with Crippen molar-refractivity contribution in [3.63, 3.8) is 0 Å². The molecule has 2 amide bonds. The van der Waals surface area contributed by atoms with Gasteiger partial charge in [-0.15, -0.1) is 0 Å². The first-order valence-electron chi connectivity index (χ1n) is 7.42. The molecule has 0 radical (unpaired) electrons. The molecule has 1 heterocycles. The van der Waals surface area contributed by atoms with Crippen LogP contribution in [0.5, 0.6) is 0 Å². The number of amides is 2. The first-order valence-corrected chi connectivity index (χ1v) is 7.42. The van der Waals surface area contributed by atoms with Crippen molar-refractivity contribution >= 4 is 12.0 Å². The molecule has 1 aliphatic rings. The Morgan fingerprint density at radius 1 is 1.27 bits per heavy atom. The van der Waals surface area contributed by atoms with Crippen molar-refractivity contribution in [1.82, 2.24) is 10.2 Å². The van der Waals surface area contributed by atoms with Gasteiger partial charge in [-0.1, -0.05) is 12.1 Å². The zero-order chi connectivity index (χ0) is 15.9. The minimum absolute atomic E-state index is 0.0324. The minimum Gasteiger partial charge on any atom is -0.453 e. The number of ether oxygens (including phenoxy) is 1. The van der Waals surface area contributed by atoms with Crippen LogP contribution >= 0.6 is 0 Å². The molecule has 0 bridgehead atoms. The van der Waals surface area contributed by atoms with Crippen LogP contribution < -0.4 is 5.32 Å². The third-order valence-electron chi connectivity index (χ3n) is 3.97. The van der Waals surface area contributed by atoms with Gasteiger partial charge in [-0.25, -0.2) is 9.18 Å². The Morgan fingerprint density at radius 2 is 1.91 bits per heavy atom. The van der Waals surface area contributed by atoms with Crippen molar-refractivity contribution < 1.29 is 18.7 Å². The van der Waals surface area contributed by atoms with Gasteiger partial charge in [0.25, 0.3) is 0 Å². The molecule has 0 atom stereocenters. The highest BCUT2D eigenvalue weighted by Gasteiger charge is 2.23. The number of hydrogen-bond acceptors (Lipinski definition) is 3. The topological polar surface area (TPSA) is 58.6 Å². The Bertz CT molecular complexity index is 511. The summed E-state index contributed by atoms with van der Waals surface area (Å²) in [6, 6.07) is 6.58. The molecular formula is C16H21FN2O3. The Hall–Kier alpha value is -2.11. The Kier molecular flexibility index (Phi) is 5.75. The molecule has 5 nitrogen and oxygen atoms in total. The van der Waals surface area contributed by atoms with Crippen LogP contribution in [-0.2, 0) is 16.0 Å². The lowest BCUT2D eigenvalue weighted by Gasteiger charge is -2.32. The number of rotatable bonds is 4. The second-order valence-electron chi connectivity index (χ2n) is 5.50. The van der Waals surface area contributed by atoms with Gasteiger partial charge in [0, 0.05) is 13.1 Å². The summed E-state index contributed by atoms with van der Waals surface area (Å²) in [5.74, 6) is 0.191. The third kappa shape index (κ3) is 4.72. The second-order valence-corrected chi connectivity index (χ2v) is 5.50. The molecule has 1 fully saturated rings. The van der Waals surface area contributed by atoms with Crippen molar-refractivity contribution in [2.75, 3.05) is 26.7 Å². The third-order valence-corrected chi connectivity index (χ3v) is 3.97. The zero-order valence-corrected chi connectivity index (χ0v) is 12.7. The molecule has 1 aliphatic heterocycles. The standard InChI is InChI=1S/C16H21FN2O3/c1-22-16(21)18-11-15(20)19-8-6-13(7-9-19)10-12-2-4-14(17)5-3-12/h2-5,13H,6-11H2,1H3,(H,18,21). The van der Waals surface area contributed by atoms with E-state index >= 15 is 0 Å². The molecule has 6 heteroatoms. The summed E-state index contributed by atoms with van der Waals surface area (Å²) >= 11 is 0. The fourth-order valence-electron chi connectivity index (χ4n) is 2.67. The molecule has 0 saturated carbocycles. The summed E-state index contributed by atoms with van der Waals surface area (Å²) in [6.45, 7) is 1.34. The van der Waals surface area contributed by atoms with Crippen LogP contribution in [0.15, 0.2) is 24.3 Å². The number of alkyl carbamates (subject to hydrolysis) is 1. The van der Waals surface area contributed by atoms with Gasteiger partial charge < -0.3 is 15.0 Å². The molecular weight excluding hydrogens is 287 g/mol. The number of likely N-dealkylation sites (tertiary alicyclic amines) is 1. The maximum atomic E-state index is 12.9. The number of nitrogens with one attached hydrogen (secondary N) is 1. The summed E-state index contributed by atoms with van der Waals surface area (Å²) in [5.41, 5.74) is 1.12. The van der Waals surface area contributed by atoms with E-state index in [1.807, 2.05) is 12.1 Å². The molecule has 1 saturated heterocycles. The zero-order valence-electron chi connectivity index (χ0n) is 12.7. The van der Waals surface area contributed by atoms with Crippen LogP contribution in [-0.4, -0.2) is 43.6 Å². The largest absolute Gasteiger partial charge is 0.453 e. The first kappa shape index (κ1) is 16.3. The van der Waals surface area contributed by atoms with Crippen LogP contribution in [0, 0.1) is 11.7 Å². The fraction of sp³-hybridized carbons (Fsp3) is 0.500. The van der Waals surface area contributed by atoms with Gasteiger partial charge in [0.15, 0.2) is 0 Å². The molecule has 0 aromatic heterocycles. The molecule has 1 aromatic carbocycles. The van der Waals surface area contributed by atoms with E-state index < -0.39 is 6.09 Å². The number of piperidine rings is 1.